The van der Waals surface area contributed by atoms with Crippen molar-refractivity contribution < 1.29 is 44.2 Å². The number of ether oxygens (including phenoxy) is 3. The van der Waals surface area contributed by atoms with Crippen LogP contribution >= 0.6 is 7.26 Å². The highest BCUT2D eigenvalue weighted by atomic mass is 31.2. The summed E-state index contributed by atoms with van der Waals surface area (Å²) in [6.07, 6.45) is 7.76. The summed E-state index contributed by atoms with van der Waals surface area (Å²) >= 11 is 0. The number of rotatable bonds is 18. The number of cyclic esters (lactones) is 1. The molecule has 1 aromatic carbocycles. The van der Waals surface area contributed by atoms with Crippen molar-refractivity contribution in [2.24, 2.45) is 17.8 Å². The van der Waals surface area contributed by atoms with Crippen LogP contribution in [0.25, 0.3) is 0 Å². The van der Waals surface area contributed by atoms with Crippen LogP contribution in [0.15, 0.2) is 30.3 Å². The lowest BCUT2D eigenvalue weighted by Gasteiger charge is -2.46. The molecule has 13 atom stereocenters. The fraction of sp³-hybridized carbons (Fsp3) is 0.840. The van der Waals surface area contributed by atoms with Crippen molar-refractivity contribution in [1.82, 2.24) is 9.80 Å². The third kappa shape index (κ3) is 15.5. The number of unbranched alkanes of at least 4 members (excludes halogenated alkanes) is 8. The molecule has 0 radical (unpaired) electrons. The zero-order chi connectivity index (χ0) is 46.4. The molecule has 0 saturated carbocycles. The van der Waals surface area contributed by atoms with E-state index < -0.39 is 67.1 Å². The van der Waals surface area contributed by atoms with Crippen molar-refractivity contribution in [2.75, 3.05) is 40.1 Å². The first kappa shape index (κ1) is 54.6. The Morgan fingerprint density at radius 3 is 2.05 bits per heavy atom. The van der Waals surface area contributed by atoms with Gasteiger partial charge in [0.15, 0.2) is 6.29 Å². The number of carbonyl (C=O) groups is 2. The second-order valence-corrected chi connectivity index (χ2v) is 24.8. The predicted molar refractivity (Wildman–Crippen MR) is 253 cm³/mol. The van der Waals surface area contributed by atoms with E-state index in [0.717, 1.165) is 25.7 Å². The molecule has 2 aliphatic heterocycles. The van der Waals surface area contributed by atoms with Crippen LogP contribution in [0.1, 0.15) is 152 Å². The van der Waals surface area contributed by atoms with Crippen LogP contribution < -0.4 is 5.30 Å². The molecule has 1 amide bonds. The van der Waals surface area contributed by atoms with Gasteiger partial charge in [-0.05, 0) is 110 Å². The van der Waals surface area contributed by atoms with E-state index in [1.54, 1.807) is 32.6 Å². The van der Waals surface area contributed by atoms with E-state index in [2.05, 4.69) is 43.7 Å². The van der Waals surface area contributed by atoms with Gasteiger partial charge in [-0.15, -0.1) is 0 Å². The van der Waals surface area contributed by atoms with Gasteiger partial charge in [-0.3, -0.25) is 9.59 Å². The molecule has 2 aliphatic rings. The van der Waals surface area contributed by atoms with Gasteiger partial charge in [0.1, 0.15) is 23.9 Å². The lowest BCUT2D eigenvalue weighted by atomic mass is 9.79. The van der Waals surface area contributed by atoms with E-state index in [1.807, 2.05) is 46.7 Å². The lowest BCUT2D eigenvalue weighted by molar-refractivity contribution is -0.295. The SMILES string of the molecule is CC[C@H]1OC(=O)[C@H](C)C[C@H](C)[C@@H](O[C@@H]2O[C@H](C)C[C@H](N(C)C)[C@H]2O)[C@](C)(O)C[C@@H](C)CN(C(=O)CCCCCCCCCCC[P+](C)(C)c2ccccc2)[C@H](C)[C@@H](O)C1(O)CC. The molecule has 1 unspecified atom stereocenters. The fourth-order valence-corrected chi connectivity index (χ4v) is 12.6. The highest BCUT2D eigenvalue weighted by Crippen LogP contribution is 2.50. The van der Waals surface area contributed by atoms with Crippen LogP contribution in [0.4, 0.5) is 0 Å². The molecule has 0 aromatic heterocycles. The summed E-state index contributed by atoms with van der Waals surface area (Å²) in [5, 5.41) is 49.5. The van der Waals surface area contributed by atoms with E-state index >= 15 is 0 Å². The number of amides is 1. The first-order chi connectivity index (χ1) is 29.1. The molecule has 2 fully saturated rings. The molecule has 0 aliphatic carbocycles. The van der Waals surface area contributed by atoms with Gasteiger partial charge in [0.25, 0.3) is 0 Å². The van der Waals surface area contributed by atoms with Crippen molar-refractivity contribution in [2.45, 2.75) is 212 Å². The highest BCUT2D eigenvalue weighted by molar-refractivity contribution is 7.81. The summed E-state index contributed by atoms with van der Waals surface area (Å²) < 4.78 is 18.8. The van der Waals surface area contributed by atoms with Crippen molar-refractivity contribution in [3.8, 4) is 0 Å². The Morgan fingerprint density at radius 2 is 1.48 bits per heavy atom. The Kier molecular flexibility index (Phi) is 22.3. The maximum atomic E-state index is 14.2. The summed E-state index contributed by atoms with van der Waals surface area (Å²) in [6.45, 7) is 19.8. The van der Waals surface area contributed by atoms with Crippen molar-refractivity contribution in [3.63, 3.8) is 0 Å². The van der Waals surface area contributed by atoms with Gasteiger partial charge >= 0.3 is 5.97 Å². The number of likely N-dealkylation sites (N-methyl/N-ethyl adjacent to an activating group) is 1. The number of benzene rings is 1. The van der Waals surface area contributed by atoms with E-state index in [0.29, 0.717) is 19.3 Å². The third-order valence-electron chi connectivity index (χ3n) is 14.2. The van der Waals surface area contributed by atoms with Gasteiger partial charge in [-0.2, -0.15) is 0 Å². The first-order valence-corrected chi connectivity index (χ1v) is 27.1. The molecule has 11 nitrogen and oxygen atoms in total. The standard InChI is InChI=1S/C50H90N2O9P/c1-13-42-50(58,14-2)45(55)39(7)52(43(53)29-25-20-18-16-15-17-19-21-26-30-62(11,12)40-27-23-22-24-28-40)34-35(3)33-49(8,57)46(36(4)31-37(5)47(56)60-42)61-48-44(54)41(51(9)10)32-38(6)59-48/h22-24,27-28,35-39,41-42,44-46,48,54-55,57-58H,13-21,25-26,29-34H2,1-12H3/q+1/t35-,36+,37-,38-,39-,41+,42-,44-,45-,46-,48+,49-,50?/m1/s1. The Hall–Kier alpha value is -1.69. The van der Waals surface area contributed by atoms with E-state index in [9.17, 15) is 30.0 Å². The first-order valence-electron chi connectivity index (χ1n) is 24.3. The normalized spacial score (nSPS) is 34.7. The van der Waals surface area contributed by atoms with Crippen molar-refractivity contribution >= 4 is 24.4 Å². The van der Waals surface area contributed by atoms with Crippen LogP contribution in [-0.4, -0.2) is 142 Å². The maximum Gasteiger partial charge on any atom is 0.309 e. The van der Waals surface area contributed by atoms with Gasteiger partial charge in [0.05, 0.1) is 54.6 Å². The molecular formula is C50H90N2O9P+. The van der Waals surface area contributed by atoms with Gasteiger partial charge in [-0.1, -0.05) is 91.3 Å². The summed E-state index contributed by atoms with van der Waals surface area (Å²) in [6, 6.07) is 9.93. The van der Waals surface area contributed by atoms with E-state index in [4.69, 9.17) is 14.2 Å². The van der Waals surface area contributed by atoms with E-state index in [1.165, 1.54) is 43.6 Å². The predicted octanol–water partition coefficient (Wildman–Crippen LogP) is 7.80. The molecule has 1 aromatic rings. The molecule has 358 valence electrons. The smallest absolute Gasteiger partial charge is 0.309 e. The van der Waals surface area contributed by atoms with Gasteiger partial charge < -0.3 is 44.4 Å². The second kappa shape index (κ2) is 25.3. The van der Waals surface area contributed by atoms with Crippen LogP contribution in [0.5, 0.6) is 0 Å². The zero-order valence-corrected chi connectivity index (χ0v) is 41.8. The van der Waals surface area contributed by atoms with Crippen LogP contribution in [0, 0.1) is 17.8 Å². The largest absolute Gasteiger partial charge is 0.459 e. The molecule has 4 N–H and O–H groups in total. The minimum Gasteiger partial charge on any atom is -0.459 e. The average molecular weight is 894 g/mol. The Morgan fingerprint density at radius 1 is 0.903 bits per heavy atom. The molecule has 12 heteroatoms. The highest BCUT2D eigenvalue weighted by Gasteiger charge is 2.50. The van der Waals surface area contributed by atoms with Gasteiger partial charge in [0.2, 0.25) is 5.91 Å². The quantitative estimate of drug-likeness (QED) is 0.0654. The number of aliphatic hydroxyl groups is 4. The number of esters is 1. The molecule has 2 heterocycles. The number of hydrogen-bond donors (Lipinski definition) is 4. The molecule has 2 saturated heterocycles. The zero-order valence-electron chi connectivity index (χ0n) is 40.9. The second-order valence-electron chi connectivity index (χ2n) is 20.5. The summed E-state index contributed by atoms with van der Waals surface area (Å²) in [5.41, 5.74) is -3.27. The Bertz CT molecular complexity index is 1460. The number of carbonyl (C=O) groups excluding carboxylic acids is 2. The van der Waals surface area contributed by atoms with E-state index in [-0.39, 0.29) is 55.7 Å². The van der Waals surface area contributed by atoms with Crippen LogP contribution in [0.3, 0.4) is 0 Å². The Balaban J connectivity index is 1.72. The third-order valence-corrected chi connectivity index (χ3v) is 17.3. The van der Waals surface area contributed by atoms with Gasteiger partial charge in [-0.25, -0.2) is 0 Å². The average Bonchev–Trinajstić information content (AvgIpc) is 3.22. The number of aliphatic hydroxyl groups excluding tert-OH is 2. The lowest BCUT2D eigenvalue weighted by Crippen LogP contribution is -2.61. The van der Waals surface area contributed by atoms with Crippen LogP contribution in [0.2, 0.25) is 0 Å². The summed E-state index contributed by atoms with van der Waals surface area (Å²) in [4.78, 5) is 31.6. The summed E-state index contributed by atoms with van der Waals surface area (Å²) in [7, 11) is 2.76. The molecule has 0 spiro atoms. The number of hydrogen-bond acceptors (Lipinski definition) is 10. The monoisotopic (exact) mass is 894 g/mol. The topological polar surface area (TPSA) is 149 Å². The minimum absolute atomic E-state index is 0.112. The maximum absolute atomic E-state index is 14.2. The summed E-state index contributed by atoms with van der Waals surface area (Å²) in [5.74, 6) is -1.91. The van der Waals surface area contributed by atoms with Crippen molar-refractivity contribution in [3.05, 3.63) is 30.3 Å². The molecular weight excluding hydrogens is 804 g/mol. The fourth-order valence-electron chi connectivity index (χ4n) is 10.3. The van der Waals surface area contributed by atoms with Crippen molar-refractivity contribution in [1.29, 1.82) is 0 Å². The Labute approximate surface area is 377 Å². The minimum atomic E-state index is -1.80. The molecule has 0 bridgehead atoms. The number of nitrogens with zero attached hydrogens (tertiary/aromatic N) is 2. The molecule has 62 heavy (non-hydrogen) atoms. The van der Waals surface area contributed by atoms with Crippen LogP contribution in [-0.2, 0) is 23.8 Å². The van der Waals surface area contributed by atoms with Gasteiger partial charge in [0, 0.05) is 26.3 Å². The molecule has 3 rings (SSSR count).